The molecule has 0 radical (unpaired) electrons. The molecule has 104 valence electrons. The number of amides is 1. The van der Waals surface area contributed by atoms with Crippen molar-refractivity contribution < 1.29 is 9.18 Å². The van der Waals surface area contributed by atoms with Gasteiger partial charge in [-0.1, -0.05) is 31.4 Å². The fourth-order valence-electron chi connectivity index (χ4n) is 2.73. The number of halogens is 2. The van der Waals surface area contributed by atoms with Gasteiger partial charge in [0.15, 0.2) is 0 Å². The molecule has 1 saturated carbocycles. The lowest BCUT2D eigenvalue weighted by Crippen LogP contribution is -2.35. The zero-order valence-electron chi connectivity index (χ0n) is 11.0. The summed E-state index contributed by atoms with van der Waals surface area (Å²) in [6.07, 6.45) is 6.75. The lowest BCUT2D eigenvalue weighted by molar-refractivity contribution is 0.0928. The number of aromatic nitrogens is 1. The van der Waals surface area contributed by atoms with Crippen molar-refractivity contribution in [1.82, 2.24) is 10.3 Å². The minimum atomic E-state index is -0.555. The highest BCUT2D eigenvalue weighted by Crippen LogP contribution is 2.40. The minimum Gasteiger partial charge on any atom is -0.351 e. The molecule has 1 aromatic heterocycles. The van der Waals surface area contributed by atoms with Crippen molar-refractivity contribution in [3.63, 3.8) is 0 Å². The molecule has 0 atom stereocenters. The molecule has 1 aromatic rings. The number of nitrogens with one attached hydrogen (secondary N) is 1. The molecule has 0 bridgehead atoms. The number of carbonyl (C=O) groups is 1. The van der Waals surface area contributed by atoms with Crippen molar-refractivity contribution in [2.45, 2.75) is 39.0 Å². The molecule has 1 aliphatic rings. The topological polar surface area (TPSA) is 42.0 Å². The van der Waals surface area contributed by atoms with Crippen LogP contribution in [0.2, 0.25) is 5.15 Å². The molecule has 1 heterocycles. The van der Waals surface area contributed by atoms with E-state index in [4.69, 9.17) is 11.6 Å². The second-order valence-corrected chi connectivity index (χ2v) is 5.59. The Morgan fingerprint density at radius 1 is 1.53 bits per heavy atom. The van der Waals surface area contributed by atoms with Crippen LogP contribution < -0.4 is 5.32 Å². The summed E-state index contributed by atoms with van der Waals surface area (Å²) in [5.41, 5.74) is 0.300. The summed E-state index contributed by atoms with van der Waals surface area (Å²) in [7, 11) is 0. The molecule has 0 aliphatic heterocycles. The zero-order chi connectivity index (χ0) is 13.9. The molecule has 19 heavy (non-hydrogen) atoms. The van der Waals surface area contributed by atoms with E-state index in [1.807, 2.05) is 0 Å². The Kier molecular flexibility index (Phi) is 4.40. The second-order valence-electron chi connectivity index (χ2n) is 5.24. The number of hydrogen-bond acceptors (Lipinski definition) is 2. The molecule has 0 saturated heterocycles. The summed E-state index contributed by atoms with van der Waals surface area (Å²) in [6.45, 7) is 2.77. The van der Waals surface area contributed by atoms with Crippen LogP contribution in [-0.4, -0.2) is 17.4 Å². The van der Waals surface area contributed by atoms with Gasteiger partial charge in [0.25, 0.3) is 5.91 Å². The van der Waals surface area contributed by atoms with Gasteiger partial charge in [0, 0.05) is 6.54 Å². The first-order valence-electron chi connectivity index (χ1n) is 6.65. The Morgan fingerprint density at radius 2 is 2.21 bits per heavy atom. The van der Waals surface area contributed by atoms with Crippen LogP contribution in [0.3, 0.4) is 0 Å². The quantitative estimate of drug-likeness (QED) is 0.859. The SMILES string of the molecule is CCC1(CNC(=O)c2cc(F)cnc2Cl)CCCC1. The van der Waals surface area contributed by atoms with Crippen molar-refractivity contribution in [1.29, 1.82) is 0 Å². The van der Waals surface area contributed by atoms with Gasteiger partial charge in [-0.15, -0.1) is 0 Å². The maximum absolute atomic E-state index is 13.1. The molecule has 5 heteroatoms. The maximum Gasteiger partial charge on any atom is 0.254 e. The van der Waals surface area contributed by atoms with E-state index in [1.54, 1.807) is 0 Å². The van der Waals surface area contributed by atoms with Crippen LogP contribution in [0.1, 0.15) is 49.4 Å². The van der Waals surface area contributed by atoms with E-state index < -0.39 is 5.82 Å². The molecule has 1 fully saturated rings. The van der Waals surface area contributed by atoms with E-state index in [1.165, 1.54) is 12.8 Å². The Bertz CT molecular complexity index is 473. The van der Waals surface area contributed by atoms with Gasteiger partial charge >= 0.3 is 0 Å². The highest BCUT2D eigenvalue weighted by molar-refractivity contribution is 6.32. The summed E-state index contributed by atoms with van der Waals surface area (Å²) in [5.74, 6) is -0.905. The Morgan fingerprint density at radius 3 is 2.84 bits per heavy atom. The normalized spacial score (nSPS) is 17.4. The predicted molar refractivity (Wildman–Crippen MR) is 72.7 cm³/mol. The number of nitrogens with zero attached hydrogens (tertiary/aromatic N) is 1. The van der Waals surface area contributed by atoms with E-state index in [2.05, 4.69) is 17.2 Å². The number of hydrogen-bond donors (Lipinski definition) is 1. The van der Waals surface area contributed by atoms with Crippen LogP contribution in [0.5, 0.6) is 0 Å². The number of carbonyl (C=O) groups excluding carboxylic acids is 1. The Labute approximate surface area is 117 Å². The van der Waals surface area contributed by atoms with Crippen LogP contribution in [0, 0.1) is 11.2 Å². The summed E-state index contributed by atoms with van der Waals surface area (Å²) < 4.78 is 13.1. The standard InChI is InChI=1S/C14H18ClFN2O/c1-2-14(5-3-4-6-14)9-18-13(19)11-7-10(16)8-17-12(11)15/h7-8H,2-6,9H2,1H3,(H,18,19). The largest absolute Gasteiger partial charge is 0.351 e. The zero-order valence-corrected chi connectivity index (χ0v) is 11.8. The van der Waals surface area contributed by atoms with Gasteiger partial charge in [0.05, 0.1) is 11.8 Å². The number of pyridine rings is 1. The van der Waals surface area contributed by atoms with Crippen LogP contribution in [0.4, 0.5) is 4.39 Å². The molecular weight excluding hydrogens is 267 g/mol. The van der Waals surface area contributed by atoms with Crippen molar-refractivity contribution in [2.24, 2.45) is 5.41 Å². The highest BCUT2D eigenvalue weighted by Gasteiger charge is 2.32. The van der Waals surface area contributed by atoms with Crippen molar-refractivity contribution >= 4 is 17.5 Å². The van der Waals surface area contributed by atoms with E-state index in [0.29, 0.717) is 6.54 Å². The fourth-order valence-corrected chi connectivity index (χ4v) is 2.91. The Hall–Kier alpha value is -1.16. The summed E-state index contributed by atoms with van der Waals surface area (Å²) in [5, 5.41) is 2.91. The smallest absolute Gasteiger partial charge is 0.254 e. The summed E-state index contributed by atoms with van der Waals surface area (Å²) in [4.78, 5) is 15.7. The third-order valence-corrected chi connectivity index (χ3v) is 4.39. The van der Waals surface area contributed by atoms with Gasteiger partial charge in [-0.05, 0) is 30.7 Å². The molecule has 0 spiro atoms. The lowest BCUT2D eigenvalue weighted by atomic mass is 9.83. The number of rotatable bonds is 4. The van der Waals surface area contributed by atoms with Gasteiger partial charge in [-0.2, -0.15) is 0 Å². The molecule has 3 nitrogen and oxygen atoms in total. The first-order chi connectivity index (χ1) is 9.06. The van der Waals surface area contributed by atoms with E-state index in [0.717, 1.165) is 31.5 Å². The molecule has 0 aromatic carbocycles. The average Bonchev–Trinajstić information content (AvgIpc) is 2.88. The Balaban J connectivity index is 2.03. The van der Waals surface area contributed by atoms with Gasteiger partial charge in [0.2, 0.25) is 0 Å². The maximum atomic E-state index is 13.1. The first-order valence-corrected chi connectivity index (χ1v) is 7.03. The molecule has 0 unspecified atom stereocenters. The fraction of sp³-hybridized carbons (Fsp3) is 0.571. The van der Waals surface area contributed by atoms with Gasteiger partial charge < -0.3 is 5.32 Å². The van der Waals surface area contributed by atoms with Crippen LogP contribution in [0.25, 0.3) is 0 Å². The first kappa shape index (κ1) is 14.3. The van der Waals surface area contributed by atoms with E-state index >= 15 is 0 Å². The predicted octanol–water partition coefficient (Wildman–Crippen LogP) is 3.57. The molecule has 1 aliphatic carbocycles. The van der Waals surface area contributed by atoms with Gasteiger partial charge in [-0.3, -0.25) is 4.79 Å². The molecule has 1 N–H and O–H groups in total. The van der Waals surface area contributed by atoms with Crippen molar-refractivity contribution in [3.05, 3.63) is 28.8 Å². The van der Waals surface area contributed by atoms with Crippen molar-refractivity contribution in [2.75, 3.05) is 6.54 Å². The lowest BCUT2D eigenvalue weighted by Gasteiger charge is -2.27. The van der Waals surface area contributed by atoms with Gasteiger partial charge in [-0.25, -0.2) is 9.37 Å². The molecule has 2 rings (SSSR count). The van der Waals surface area contributed by atoms with E-state index in [-0.39, 0.29) is 22.0 Å². The minimum absolute atomic E-state index is 0.0378. The third kappa shape index (κ3) is 3.24. The average molecular weight is 285 g/mol. The van der Waals surface area contributed by atoms with E-state index in [9.17, 15) is 9.18 Å². The van der Waals surface area contributed by atoms with Crippen LogP contribution in [-0.2, 0) is 0 Å². The van der Waals surface area contributed by atoms with Crippen LogP contribution >= 0.6 is 11.6 Å². The second kappa shape index (κ2) is 5.87. The monoisotopic (exact) mass is 284 g/mol. The van der Waals surface area contributed by atoms with Crippen LogP contribution in [0.15, 0.2) is 12.3 Å². The third-order valence-electron chi connectivity index (χ3n) is 4.09. The van der Waals surface area contributed by atoms with Gasteiger partial charge in [0.1, 0.15) is 11.0 Å². The highest BCUT2D eigenvalue weighted by atomic mass is 35.5. The molecular formula is C14H18ClFN2O. The molecule has 1 amide bonds. The summed E-state index contributed by atoms with van der Waals surface area (Å²) in [6, 6.07) is 1.12. The van der Waals surface area contributed by atoms with Crippen molar-refractivity contribution in [3.8, 4) is 0 Å². The summed E-state index contributed by atoms with van der Waals surface area (Å²) >= 11 is 5.82.